The van der Waals surface area contributed by atoms with Crippen LogP contribution in [-0.2, 0) is 9.53 Å². The number of unbranched alkanes of at least 4 members (excludes halogenated alkanes) is 8. The summed E-state index contributed by atoms with van der Waals surface area (Å²) in [4.78, 5) is 13.1. The Morgan fingerprint density at radius 2 is 1.28 bits per heavy atom. The minimum atomic E-state index is -0.0732. The maximum atomic E-state index is 10.9. The molecular weight excluding hydrogens is 226 g/mol. The number of esters is 1. The molecule has 0 aromatic heterocycles. The lowest BCUT2D eigenvalue weighted by atomic mass is 10.1. The Morgan fingerprint density at radius 3 is 1.72 bits per heavy atom. The van der Waals surface area contributed by atoms with Crippen LogP contribution in [-0.4, -0.2) is 38.6 Å². The zero-order valence-electron chi connectivity index (χ0n) is 12.5. The lowest BCUT2D eigenvalue weighted by molar-refractivity contribution is -0.140. The van der Waals surface area contributed by atoms with Gasteiger partial charge in [-0.1, -0.05) is 44.9 Å². The molecule has 0 saturated heterocycles. The Labute approximate surface area is 113 Å². The van der Waals surface area contributed by atoms with E-state index >= 15 is 0 Å². The second-order valence-corrected chi connectivity index (χ2v) is 5.31. The quantitative estimate of drug-likeness (QED) is 0.395. The molecule has 0 rings (SSSR count). The SMILES string of the molecule is COC(=O)CCCCCCCCCCCN(C)C. The van der Waals surface area contributed by atoms with Crippen molar-refractivity contribution in [1.82, 2.24) is 4.90 Å². The van der Waals surface area contributed by atoms with Crippen LogP contribution < -0.4 is 0 Å². The van der Waals surface area contributed by atoms with E-state index in [4.69, 9.17) is 0 Å². The molecule has 0 aliphatic heterocycles. The Kier molecular flexibility index (Phi) is 12.5. The summed E-state index contributed by atoms with van der Waals surface area (Å²) in [6, 6.07) is 0. The summed E-state index contributed by atoms with van der Waals surface area (Å²) in [5.41, 5.74) is 0. The maximum absolute atomic E-state index is 10.9. The molecule has 0 aliphatic carbocycles. The number of rotatable bonds is 12. The summed E-state index contributed by atoms with van der Waals surface area (Å²) < 4.78 is 4.61. The molecule has 0 bridgehead atoms. The van der Waals surface area contributed by atoms with Gasteiger partial charge < -0.3 is 9.64 Å². The van der Waals surface area contributed by atoms with Gasteiger partial charge in [-0.15, -0.1) is 0 Å². The average Bonchev–Trinajstić information content (AvgIpc) is 2.35. The van der Waals surface area contributed by atoms with E-state index in [1.165, 1.54) is 58.6 Å². The molecule has 0 radical (unpaired) electrons. The van der Waals surface area contributed by atoms with Crippen LogP contribution in [0.2, 0.25) is 0 Å². The predicted molar refractivity (Wildman–Crippen MR) is 76.7 cm³/mol. The Hall–Kier alpha value is -0.570. The van der Waals surface area contributed by atoms with Crippen molar-refractivity contribution in [2.75, 3.05) is 27.7 Å². The van der Waals surface area contributed by atoms with E-state index < -0.39 is 0 Å². The zero-order valence-corrected chi connectivity index (χ0v) is 12.5. The molecule has 108 valence electrons. The Bertz CT molecular complexity index is 193. The van der Waals surface area contributed by atoms with Crippen molar-refractivity contribution in [1.29, 1.82) is 0 Å². The van der Waals surface area contributed by atoms with Gasteiger partial charge >= 0.3 is 5.97 Å². The first-order chi connectivity index (χ1) is 8.66. The molecule has 0 saturated carbocycles. The van der Waals surface area contributed by atoms with Crippen LogP contribution in [0.25, 0.3) is 0 Å². The Morgan fingerprint density at radius 1 is 0.833 bits per heavy atom. The smallest absolute Gasteiger partial charge is 0.305 e. The van der Waals surface area contributed by atoms with Gasteiger partial charge in [0.25, 0.3) is 0 Å². The molecule has 3 nitrogen and oxygen atoms in total. The van der Waals surface area contributed by atoms with Gasteiger partial charge in [0.1, 0.15) is 0 Å². The van der Waals surface area contributed by atoms with E-state index in [1.54, 1.807) is 0 Å². The summed E-state index contributed by atoms with van der Waals surface area (Å²) in [6.07, 6.45) is 12.1. The first-order valence-corrected chi connectivity index (χ1v) is 7.38. The van der Waals surface area contributed by atoms with Crippen LogP contribution in [0.15, 0.2) is 0 Å². The number of methoxy groups -OCH3 is 1. The molecular formula is C15H31NO2. The summed E-state index contributed by atoms with van der Waals surface area (Å²) in [7, 11) is 5.72. The second-order valence-electron chi connectivity index (χ2n) is 5.31. The van der Waals surface area contributed by atoms with Gasteiger partial charge in [-0.25, -0.2) is 0 Å². The summed E-state index contributed by atoms with van der Waals surface area (Å²) in [6.45, 7) is 1.22. The minimum Gasteiger partial charge on any atom is -0.469 e. The predicted octanol–water partition coefficient (Wildman–Crippen LogP) is 3.62. The molecule has 0 aliphatic rings. The van der Waals surface area contributed by atoms with Gasteiger partial charge in [-0.3, -0.25) is 4.79 Å². The molecule has 0 unspecified atom stereocenters. The number of carbonyl (C=O) groups excluding carboxylic acids is 1. The van der Waals surface area contributed by atoms with E-state index in [-0.39, 0.29) is 5.97 Å². The van der Waals surface area contributed by atoms with Gasteiger partial charge in [0, 0.05) is 6.42 Å². The van der Waals surface area contributed by atoms with Crippen LogP contribution >= 0.6 is 0 Å². The van der Waals surface area contributed by atoms with E-state index in [0.29, 0.717) is 6.42 Å². The molecule has 0 amide bonds. The van der Waals surface area contributed by atoms with Gasteiger partial charge in [0.2, 0.25) is 0 Å². The molecule has 0 spiro atoms. The summed E-state index contributed by atoms with van der Waals surface area (Å²) >= 11 is 0. The lowest BCUT2D eigenvalue weighted by Gasteiger charge is -2.08. The molecule has 18 heavy (non-hydrogen) atoms. The number of carbonyl (C=O) groups is 1. The number of nitrogens with zero attached hydrogens (tertiary/aromatic N) is 1. The number of hydrogen-bond acceptors (Lipinski definition) is 3. The van der Waals surface area contributed by atoms with Crippen molar-refractivity contribution in [3.8, 4) is 0 Å². The molecule has 0 atom stereocenters. The van der Waals surface area contributed by atoms with Gasteiger partial charge in [0.15, 0.2) is 0 Å². The first kappa shape index (κ1) is 17.4. The molecule has 0 N–H and O–H groups in total. The van der Waals surface area contributed by atoms with E-state index in [1.807, 2.05) is 0 Å². The van der Waals surface area contributed by atoms with Crippen molar-refractivity contribution in [2.24, 2.45) is 0 Å². The summed E-state index contributed by atoms with van der Waals surface area (Å²) in [5.74, 6) is -0.0732. The van der Waals surface area contributed by atoms with Crippen LogP contribution in [0.4, 0.5) is 0 Å². The van der Waals surface area contributed by atoms with Crippen LogP contribution in [0.5, 0.6) is 0 Å². The molecule has 3 heteroatoms. The molecule has 0 fully saturated rings. The third-order valence-corrected chi connectivity index (χ3v) is 3.21. The second kappa shape index (κ2) is 12.9. The average molecular weight is 257 g/mol. The highest BCUT2D eigenvalue weighted by molar-refractivity contribution is 5.68. The lowest BCUT2D eigenvalue weighted by Crippen LogP contribution is -2.12. The van der Waals surface area contributed by atoms with Gasteiger partial charge in [-0.05, 0) is 33.5 Å². The van der Waals surface area contributed by atoms with Crippen LogP contribution in [0.1, 0.15) is 64.2 Å². The zero-order chi connectivity index (χ0) is 13.6. The topological polar surface area (TPSA) is 29.5 Å². The largest absolute Gasteiger partial charge is 0.469 e. The number of hydrogen-bond donors (Lipinski definition) is 0. The van der Waals surface area contributed by atoms with Crippen molar-refractivity contribution >= 4 is 5.97 Å². The van der Waals surface area contributed by atoms with E-state index in [2.05, 4.69) is 23.7 Å². The van der Waals surface area contributed by atoms with Gasteiger partial charge in [0.05, 0.1) is 7.11 Å². The fraction of sp³-hybridized carbons (Fsp3) is 0.933. The van der Waals surface area contributed by atoms with E-state index in [0.717, 1.165) is 12.8 Å². The van der Waals surface area contributed by atoms with Crippen LogP contribution in [0.3, 0.4) is 0 Å². The molecule has 0 aromatic rings. The normalized spacial score (nSPS) is 10.9. The fourth-order valence-electron chi connectivity index (χ4n) is 2.04. The third kappa shape index (κ3) is 13.5. The van der Waals surface area contributed by atoms with Crippen molar-refractivity contribution in [2.45, 2.75) is 64.2 Å². The molecule has 0 aromatic carbocycles. The van der Waals surface area contributed by atoms with E-state index in [9.17, 15) is 4.79 Å². The maximum Gasteiger partial charge on any atom is 0.305 e. The highest BCUT2D eigenvalue weighted by atomic mass is 16.5. The Balaban J connectivity index is 3.01. The van der Waals surface area contributed by atoms with Crippen LogP contribution in [0, 0.1) is 0 Å². The monoisotopic (exact) mass is 257 g/mol. The van der Waals surface area contributed by atoms with Crippen molar-refractivity contribution < 1.29 is 9.53 Å². The standard InChI is InChI=1S/C15H31NO2/c1-16(2)14-12-10-8-6-4-5-7-9-11-13-15(17)18-3/h4-14H2,1-3H3. The highest BCUT2D eigenvalue weighted by Gasteiger charge is 1.99. The minimum absolute atomic E-state index is 0.0732. The van der Waals surface area contributed by atoms with Gasteiger partial charge in [-0.2, -0.15) is 0 Å². The van der Waals surface area contributed by atoms with Crippen molar-refractivity contribution in [3.63, 3.8) is 0 Å². The molecule has 0 heterocycles. The highest BCUT2D eigenvalue weighted by Crippen LogP contribution is 2.10. The third-order valence-electron chi connectivity index (χ3n) is 3.21. The van der Waals surface area contributed by atoms with Crippen molar-refractivity contribution in [3.05, 3.63) is 0 Å². The fourth-order valence-corrected chi connectivity index (χ4v) is 2.04. The first-order valence-electron chi connectivity index (χ1n) is 7.38. The summed E-state index contributed by atoms with van der Waals surface area (Å²) in [5, 5.41) is 0. The number of ether oxygens (including phenoxy) is 1.